The van der Waals surface area contributed by atoms with Gasteiger partial charge in [0.15, 0.2) is 0 Å². The van der Waals surface area contributed by atoms with Gasteiger partial charge < -0.3 is 19.5 Å². The molecule has 2 aromatic carbocycles. The molecule has 1 unspecified atom stereocenters. The van der Waals surface area contributed by atoms with E-state index in [0.29, 0.717) is 38.3 Å². The first-order chi connectivity index (χ1) is 18.7. The number of amides is 1. The van der Waals surface area contributed by atoms with Gasteiger partial charge in [0.2, 0.25) is 0 Å². The summed E-state index contributed by atoms with van der Waals surface area (Å²) >= 11 is 0. The Kier molecular flexibility index (Phi) is 9.02. The molecule has 2 aliphatic heterocycles. The number of ether oxygens (including phenoxy) is 2. The second kappa shape index (κ2) is 13.0. The minimum Gasteiger partial charge on any atom is -0.491 e. The molecule has 3 aromatic rings. The number of aliphatic hydroxyl groups is 1. The summed E-state index contributed by atoms with van der Waals surface area (Å²) in [7, 11) is 0. The number of carbonyl (C=O) groups excluding carboxylic acids is 1. The van der Waals surface area contributed by atoms with Crippen LogP contribution in [-0.4, -0.2) is 71.9 Å². The van der Waals surface area contributed by atoms with Crippen molar-refractivity contribution in [1.82, 2.24) is 14.8 Å². The van der Waals surface area contributed by atoms with Crippen LogP contribution in [0.15, 0.2) is 66.9 Å². The molecule has 1 atom stereocenters. The van der Waals surface area contributed by atoms with Crippen LogP contribution in [0.2, 0.25) is 0 Å². The molecule has 1 amide bonds. The van der Waals surface area contributed by atoms with Crippen molar-refractivity contribution < 1.29 is 19.4 Å². The fraction of sp³-hybridized carbons (Fsp3) is 0.419. The van der Waals surface area contributed by atoms with Crippen LogP contribution < -0.4 is 4.74 Å². The van der Waals surface area contributed by atoms with Crippen molar-refractivity contribution >= 4 is 5.91 Å². The summed E-state index contributed by atoms with van der Waals surface area (Å²) in [5, 5.41) is 9.59. The summed E-state index contributed by atoms with van der Waals surface area (Å²) in [6.45, 7) is 5.39. The molecular formula is C31H37N3O4. The molecule has 1 aromatic heterocycles. The van der Waals surface area contributed by atoms with Crippen molar-refractivity contribution in [2.45, 2.75) is 32.4 Å². The number of aliphatic hydroxyl groups excluding tert-OH is 1. The van der Waals surface area contributed by atoms with E-state index in [9.17, 15) is 9.90 Å². The van der Waals surface area contributed by atoms with Gasteiger partial charge in [-0.3, -0.25) is 14.7 Å². The van der Waals surface area contributed by atoms with Gasteiger partial charge in [0.05, 0.1) is 18.9 Å². The molecule has 200 valence electrons. The van der Waals surface area contributed by atoms with Gasteiger partial charge in [-0.15, -0.1) is 0 Å². The maximum atomic E-state index is 13.3. The van der Waals surface area contributed by atoms with E-state index in [1.54, 1.807) is 0 Å². The molecule has 3 heterocycles. The molecule has 2 bridgehead atoms. The van der Waals surface area contributed by atoms with Crippen LogP contribution in [0.5, 0.6) is 5.75 Å². The second-order valence-corrected chi connectivity index (χ2v) is 10.3. The standard InChI is InChI=1S/C31H37N3O4/c35-23-26-7-4-12-34(21-26)31(36)27-9-10-30-28(19-27)18-24-5-3-6-25(17-24)20-33(13-14-37-15-16-38-30)22-29-8-1-2-11-32-29/h1-3,5-6,8-11,17,19,26,35H,4,7,12-16,18,20-23H2. The third-order valence-electron chi connectivity index (χ3n) is 7.31. The molecule has 1 fully saturated rings. The maximum Gasteiger partial charge on any atom is 0.253 e. The van der Waals surface area contributed by atoms with Crippen LogP contribution in [0.25, 0.3) is 0 Å². The highest BCUT2D eigenvalue weighted by molar-refractivity contribution is 5.94. The summed E-state index contributed by atoms with van der Waals surface area (Å²) in [5.74, 6) is 0.970. The average Bonchev–Trinajstić information content (AvgIpc) is 2.95. The molecule has 7 heteroatoms. The highest BCUT2D eigenvalue weighted by Gasteiger charge is 2.24. The van der Waals surface area contributed by atoms with Crippen molar-refractivity contribution in [1.29, 1.82) is 0 Å². The van der Waals surface area contributed by atoms with Crippen molar-refractivity contribution in [3.63, 3.8) is 0 Å². The van der Waals surface area contributed by atoms with Crippen LogP contribution in [0.4, 0.5) is 0 Å². The smallest absolute Gasteiger partial charge is 0.253 e. The number of fused-ring (bicyclic) bond motifs is 3. The Morgan fingerprint density at radius 2 is 1.92 bits per heavy atom. The van der Waals surface area contributed by atoms with Gasteiger partial charge in [-0.1, -0.05) is 30.3 Å². The Bertz CT molecular complexity index is 1200. The lowest BCUT2D eigenvalue weighted by atomic mass is 9.97. The van der Waals surface area contributed by atoms with E-state index in [1.165, 1.54) is 11.1 Å². The quantitative estimate of drug-likeness (QED) is 0.568. The zero-order valence-electron chi connectivity index (χ0n) is 21.9. The van der Waals surface area contributed by atoms with E-state index in [2.05, 4.69) is 40.2 Å². The first-order valence-corrected chi connectivity index (χ1v) is 13.6. The maximum absolute atomic E-state index is 13.3. The Balaban J connectivity index is 1.37. The monoisotopic (exact) mass is 515 g/mol. The summed E-state index contributed by atoms with van der Waals surface area (Å²) in [5.41, 5.74) is 5.11. The highest BCUT2D eigenvalue weighted by atomic mass is 16.5. The minimum atomic E-state index is 0.0209. The molecule has 0 saturated carbocycles. The predicted octanol–water partition coefficient (Wildman–Crippen LogP) is 3.93. The fourth-order valence-corrected chi connectivity index (χ4v) is 5.33. The van der Waals surface area contributed by atoms with Crippen LogP contribution in [0, 0.1) is 5.92 Å². The van der Waals surface area contributed by atoms with E-state index in [0.717, 1.165) is 56.0 Å². The zero-order chi connectivity index (χ0) is 26.2. The largest absolute Gasteiger partial charge is 0.491 e. The molecule has 1 N–H and O–H groups in total. The Morgan fingerprint density at radius 3 is 2.79 bits per heavy atom. The number of pyridine rings is 1. The van der Waals surface area contributed by atoms with Gasteiger partial charge in [-0.25, -0.2) is 0 Å². The first kappa shape index (κ1) is 26.4. The van der Waals surface area contributed by atoms with E-state index in [-0.39, 0.29) is 18.4 Å². The van der Waals surface area contributed by atoms with Crippen molar-refractivity contribution in [3.8, 4) is 5.75 Å². The van der Waals surface area contributed by atoms with Gasteiger partial charge in [0.25, 0.3) is 5.91 Å². The summed E-state index contributed by atoms with van der Waals surface area (Å²) in [6.07, 6.45) is 4.40. The van der Waals surface area contributed by atoms with Gasteiger partial charge >= 0.3 is 0 Å². The molecule has 0 aliphatic carbocycles. The first-order valence-electron chi connectivity index (χ1n) is 13.6. The molecule has 1 saturated heterocycles. The van der Waals surface area contributed by atoms with Gasteiger partial charge in [0, 0.05) is 57.5 Å². The van der Waals surface area contributed by atoms with Gasteiger partial charge in [-0.2, -0.15) is 0 Å². The van der Waals surface area contributed by atoms with Crippen LogP contribution in [-0.2, 0) is 24.2 Å². The van der Waals surface area contributed by atoms with Crippen molar-refractivity contribution in [2.24, 2.45) is 5.92 Å². The van der Waals surface area contributed by atoms with Gasteiger partial charge in [0.1, 0.15) is 12.4 Å². The number of hydrogen-bond acceptors (Lipinski definition) is 6. The molecular weight excluding hydrogens is 478 g/mol. The predicted molar refractivity (Wildman–Crippen MR) is 146 cm³/mol. The molecule has 2 aliphatic rings. The van der Waals surface area contributed by atoms with Crippen molar-refractivity contribution in [3.05, 3.63) is 94.8 Å². The number of likely N-dealkylation sites (tertiary alicyclic amines) is 1. The number of benzene rings is 2. The van der Waals surface area contributed by atoms with Crippen LogP contribution in [0.3, 0.4) is 0 Å². The van der Waals surface area contributed by atoms with E-state index in [4.69, 9.17) is 9.47 Å². The third kappa shape index (κ3) is 6.98. The normalized spacial score (nSPS) is 19.2. The van der Waals surface area contributed by atoms with Crippen molar-refractivity contribution in [2.75, 3.05) is 46.1 Å². The molecule has 5 rings (SSSR count). The Hall–Kier alpha value is -3.26. The molecule has 7 nitrogen and oxygen atoms in total. The van der Waals surface area contributed by atoms with Crippen LogP contribution in [0.1, 0.15) is 45.6 Å². The molecule has 0 spiro atoms. The number of piperidine rings is 1. The number of carbonyl (C=O) groups is 1. The number of aromatic nitrogens is 1. The molecule has 38 heavy (non-hydrogen) atoms. The Labute approximate surface area is 225 Å². The lowest BCUT2D eigenvalue weighted by Crippen LogP contribution is -2.41. The molecule has 0 radical (unpaired) electrons. The second-order valence-electron chi connectivity index (χ2n) is 10.3. The summed E-state index contributed by atoms with van der Waals surface area (Å²) in [4.78, 5) is 22.1. The van der Waals surface area contributed by atoms with E-state index in [1.807, 2.05) is 41.4 Å². The van der Waals surface area contributed by atoms with E-state index < -0.39 is 0 Å². The van der Waals surface area contributed by atoms with E-state index >= 15 is 0 Å². The average molecular weight is 516 g/mol. The third-order valence-corrected chi connectivity index (χ3v) is 7.31. The fourth-order valence-electron chi connectivity index (χ4n) is 5.33. The zero-order valence-corrected chi connectivity index (χ0v) is 21.9. The lowest BCUT2D eigenvalue weighted by molar-refractivity contribution is 0.0620. The number of rotatable bonds is 4. The minimum absolute atomic E-state index is 0.0209. The topological polar surface area (TPSA) is 75.1 Å². The highest BCUT2D eigenvalue weighted by Crippen LogP contribution is 2.26. The van der Waals surface area contributed by atoms with Gasteiger partial charge in [-0.05, 0) is 65.8 Å². The van der Waals surface area contributed by atoms with Crippen LogP contribution >= 0.6 is 0 Å². The Morgan fingerprint density at radius 1 is 1.00 bits per heavy atom. The number of nitrogens with zero attached hydrogens (tertiary/aromatic N) is 3. The SMILES string of the molecule is O=C(c1ccc2c(c1)Cc1cccc(c1)CN(Cc1ccccn1)CCOCCO2)N1CCCC(CO)C1. The lowest BCUT2D eigenvalue weighted by Gasteiger charge is -2.32. The number of hydrogen-bond donors (Lipinski definition) is 1. The summed E-state index contributed by atoms with van der Waals surface area (Å²) < 4.78 is 12.0. The summed E-state index contributed by atoms with van der Waals surface area (Å²) in [6, 6.07) is 20.4.